The second-order valence-corrected chi connectivity index (χ2v) is 7.27. The molecule has 2 heterocycles. The molecule has 0 bridgehead atoms. The summed E-state index contributed by atoms with van der Waals surface area (Å²) in [5.41, 5.74) is 1.20. The van der Waals surface area contributed by atoms with Crippen LogP contribution < -0.4 is 9.47 Å². The minimum absolute atomic E-state index is 0.0924. The standard InChI is InChI=1S/C18H12O4S2/c1-21-11-8-7-10-14(20)18(24-16(10)15(11)22-2)17-13(19)9-5-3-4-6-12(9)23-17/h3-8H,1-2H3. The molecule has 0 fully saturated rings. The Bertz CT molecular complexity index is 931. The van der Waals surface area contributed by atoms with Gasteiger partial charge in [-0.05, 0) is 24.3 Å². The summed E-state index contributed by atoms with van der Waals surface area (Å²) in [7, 11) is 3.09. The average Bonchev–Trinajstić information content (AvgIpc) is 3.12. The van der Waals surface area contributed by atoms with Crippen LogP contribution in [0.15, 0.2) is 56.0 Å². The molecule has 0 saturated carbocycles. The summed E-state index contributed by atoms with van der Waals surface area (Å²) in [6, 6.07) is 10.8. The minimum atomic E-state index is -0.139. The quantitative estimate of drug-likeness (QED) is 0.752. The van der Waals surface area contributed by atoms with E-state index in [0.717, 1.165) is 4.90 Å². The predicted molar refractivity (Wildman–Crippen MR) is 93.4 cm³/mol. The Morgan fingerprint density at radius 3 is 2.21 bits per heavy atom. The van der Waals surface area contributed by atoms with Crippen LogP contribution >= 0.6 is 23.5 Å². The van der Waals surface area contributed by atoms with Crippen molar-refractivity contribution in [2.45, 2.75) is 9.79 Å². The number of benzene rings is 2. The molecule has 4 nitrogen and oxygen atoms in total. The molecule has 0 spiro atoms. The second-order valence-electron chi connectivity index (χ2n) is 5.19. The molecule has 0 unspecified atom stereocenters. The highest BCUT2D eigenvalue weighted by molar-refractivity contribution is 8.08. The van der Waals surface area contributed by atoms with Gasteiger partial charge in [-0.15, -0.1) is 0 Å². The van der Waals surface area contributed by atoms with Crippen LogP contribution in [0.3, 0.4) is 0 Å². The lowest BCUT2D eigenvalue weighted by molar-refractivity contribution is 0.101. The average molecular weight is 356 g/mol. The Kier molecular flexibility index (Phi) is 3.66. The van der Waals surface area contributed by atoms with Crippen LogP contribution in [-0.2, 0) is 0 Å². The molecule has 2 aromatic carbocycles. The summed E-state index contributed by atoms with van der Waals surface area (Å²) in [6.07, 6.45) is 0. The third-order valence-corrected chi connectivity index (χ3v) is 6.41. The first kappa shape index (κ1) is 15.4. The van der Waals surface area contributed by atoms with Crippen LogP contribution in [0.5, 0.6) is 11.5 Å². The van der Waals surface area contributed by atoms with Gasteiger partial charge < -0.3 is 9.47 Å². The Balaban J connectivity index is 1.84. The van der Waals surface area contributed by atoms with Crippen LogP contribution in [0.25, 0.3) is 0 Å². The van der Waals surface area contributed by atoms with E-state index in [9.17, 15) is 9.59 Å². The number of ketones is 2. The molecule has 0 radical (unpaired) electrons. The summed E-state index contributed by atoms with van der Waals surface area (Å²) < 4.78 is 10.7. The highest BCUT2D eigenvalue weighted by atomic mass is 32.2. The van der Waals surface area contributed by atoms with Gasteiger partial charge in [-0.25, -0.2) is 0 Å². The zero-order valence-electron chi connectivity index (χ0n) is 12.9. The maximum absolute atomic E-state index is 12.8. The molecule has 6 heteroatoms. The summed E-state index contributed by atoms with van der Waals surface area (Å²) in [4.78, 5) is 28.0. The fourth-order valence-corrected chi connectivity index (χ4v) is 5.19. The fourth-order valence-electron chi connectivity index (χ4n) is 2.77. The van der Waals surface area contributed by atoms with Crippen LogP contribution in [0.2, 0.25) is 0 Å². The maximum atomic E-state index is 12.8. The summed E-state index contributed by atoms with van der Waals surface area (Å²) in [5.74, 6) is 0.859. The Hall–Kier alpha value is -2.18. The molecule has 24 heavy (non-hydrogen) atoms. The first-order valence-corrected chi connectivity index (χ1v) is 8.82. The number of thioether (sulfide) groups is 2. The lowest BCUT2D eigenvalue weighted by atomic mass is 10.1. The third-order valence-electron chi connectivity index (χ3n) is 3.91. The topological polar surface area (TPSA) is 52.6 Å². The molecule has 0 aromatic heterocycles. The molecule has 0 N–H and O–H groups in total. The third kappa shape index (κ3) is 2.10. The van der Waals surface area contributed by atoms with Gasteiger partial charge in [-0.3, -0.25) is 9.59 Å². The first-order chi connectivity index (χ1) is 11.7. The molecule has 2 aliphatic rings. The van der Waals surface area contributed by atoms with E-state index in [4.69, 9.17) is 9.47 Å². The van der Waals surface area contributed by atoms with Crippen molar-refractivity contribution in [3.05, 3.63) is 57.3 Å². The Morgan fingerprint density at radius 2 is 1.50 bits per heavy atom. The van der Waals surface area contributed by atoms with Gasteiger partial charge in [0.1, 0.15) is 0 Å². The van der Waals surface area contributed by atoms with Crippen molar-refractivity contribution in [2.75, 3.05) is 14.2 Å². The van der Waals surface area contributed by atoms with Gasteiger partial charge in [0.15, 0.2) is 11.5 Å². The largest absolute Gasteiger partial charge is 0.493 e. The van der Waals surface area contributed by atoms with E-state index in [2.05, 4.69) is 0 Å². The van der Waals surface area contributed by atoms with Gasteiger partial charge in [-0.2, -0.15) is 0 Å². The van der Waals surface area contributed by atoms with Crippen molar-refractivity contribution in [3.63, 3.8) is 0 Å². The molecule has 2 aromatic rings. The number of Topliss-reactive ketones (excluding diaryl/α,β-unsaturated/α-hetero) is 2. The van der Waals surface area contributed by atoms with E-state index in [1.54, 1.807) is 32.4 Å². The number of allylic oxidation sites excluding steroid dienone is 2. The molecule has 0 atom stereocenters. The summed E-state index contributed by atoms with van der Waals surface area (Å²) >= 11 is 2.64. The SMILES string of the molecule is COc1ccc2c(c1OC)SC(=C1Sc3ccccc3C1=O)C2=O. The van der Waals surface area contributed by atoms with Crippen LogP contribution in [0.4, 0.5) is 0 Å². The molecule has 0 aliphatic carbocycles. The van der Waals surface area contributed by atoms with Gasteiger partial charge >= 0.3 is 0 Å². The van der Waals surface area contributed by atoms with E-state index in [-0.39, 0.29) is 11.6 Å². The van der Waals surface area contributed by atoms with Crippen molar-refractivity contribution < 1.29 is 19.1 Å². The van der Waals surface area contributed by atoms with Crippen molar-refractivity contribution in [3.8, 4) is 11.5 Å². The van der Waals surface area contributed by atoms with E-state index < -0.39 is 0 Å². The number of hydrogen-bond acceptors (Lipinski definition) is 6. The van der Waals surface area contributed by atoms with Crippen LogP contribution in [-0.4, -0.2) is 25.8 Å². The van der Waals surface area contributed by atoms with E-state index >= 15 is 0 Å². The molecular weight excluding hydrogens is 344 g/mol. The summed E-state index contributed by atoms with van der Waals surface area (Å²) in [6.45, 7) is 0. The van der Waals surface area contributed by atoms with Crippen molar-refractivity contribution in [1.82, 2.24) is 0 Å². The lowest BCUT2D eigenvalue weighted by Gasteiger charge is -2.10. The van der Waals surface area contributed by atoms with Gasteiger partial charge in [0.25, 0.3) is 0 Å². The van der Waals surface area contributed by atoms with Crippen LogP contribution in [0.1, 0.15) is 20.7 Å². The molecule has 2 aliphatic heterocycles. The number of carbonyl (C=O) groups excluding carboxylic acids is 2. The summed E-state index contributed by atoms with van der Waals surface area (Å²) in [5, 5.41) is 0. The Labute approximate surface area is 147 Å². The molecule has 0 amide bonds. The van der Waals surface area contributed by atoms with Crippen LogP contribution in [0, 0.1) is 0 Å². The smallest absolute Gasteiger partial charge is 0.202 e. The number of ether oxygens (including phenoxy) is 2. The minimum Gasteiger partial charge on any atom is -0.493 e. The lowest BCUT2D eigenvalue weighted by Crippen LogP contribution is -2.02. The van der Waals surface area contributed by atoms with Gasteiger partial charge in [0.2, 0.25) is 11.6 Å². The normalized spacial score (nSPS) is 18.6. The van der Waals surface area contributed by atoms with Crippen molar-refractivity contribution >= 4 is 35.1 Å². The van der Waals surface area contributed by atoms with E-state index in [1.807, 2.05) is 18.2 Å². The number of methoxy groups -OCH3 is 2. The molecule has 120 valence electrons. The Morgan fingerprint density at radius 1 is 0.792 bits per heavy atom. The number of fused-ring (bicyclic) bond motifs is 2. The molecule has 4 rings (SSSR count). The zero-order chi connectivity index (χ0) is 16.8. The first-order valence-electron chi connectivity index (χ1n) is 7.19. The van der Waals surface area contributed by atoms with Gasteiger partial charge in [-0.1, -0.05) is 35.7 Å². The van der Waals surface area contributed by atoms with E-state index in [0.29, 0.717) is 37.3 Å². The van der Waals surface area contributed by atoms with Crippen molar-refractivity contribution in [1.29, 1.82) is 0 Å². The van der Waals surface area contributed by atoms with Gasteiger partial charge in [0, 0.05) is 16.0 Å². The number of carbonyl (C=O) groups is 2. The second kappa shape index (κ2) is 5.72. The highest BCUT2D eigenvalue weighted by Gasteiger charge is 2.37. The highest BCUT2D eigenvalue weighted by Crippen LogP contribution is 2.53. The van der Waals surface area contributed by atoms with E-state index in [1.165, 1.54) is 23.5 Å². The molecule has 0 saturated heterocycles. The predicted octanol–water partition coefficient (Wildman–Crippen LogP) is 4.19. The number of hydrogen-bond donors (Lipinski definition) is 0. The monoisotopic (exact) mass is 356 g/mol. The molecular formula is C18H12O4S2. The maximum Gasteiger partial charge on any atom is 0.202 e. The number of rotatable bonds is 2. The fraction of sp³-hybridized carbons (Fsp3) is 0.111. The van der Waals surface area contributed by atoms with Gasteiger partial charge in [0.05, 0.1) is 28.9 Å². The van der Waals surface area contributed by atoms with Crippen molar-refractivity contribution in [2.24, 2.45) is 0 Å². The zero-order valence-corrected chi connectivity index (χ0v) is 14.5.